The first kappa shape index (κ1) is 14.9. The second-order valence-electron chi connectivity index (χ2n) is 6.36. The lowest BCUT2D eigenvalue weighted by atomic mass is 9.93. The fourth-order valence-electron chi connectivity index (χ4n) is 3.53. The topological polar surface area (TPSA) is 50.5 Å². The molecule has 3 aromatic heterocycles. The van der Waals surface area contributed by atoms with Crippen molar-refractivity contribution < 1.29 is 4.79 Å². The number of carbonyl (C=O) groups is 1. The molecule has 1 fully saturated rings. The Morgan fingerprint density at radius 2 is 2.08 bits per heavy atom. The van der Waals surface area contributed by atoms with Crippen molar-refractivity contribution in [3.05, 3.63) is 65.9 Å². The lowest BCUT2D eigenvalue weighted by molar-refractivity contribution is 0.0699. The SMILES string of the molecule is Cc1cccc(C(=O)N2CCCC(c3cccc4nccn34)C2)n1. The highest BCUT2D eigenvalue weighted by Crippen LogP contribution is 2.28. The number of likely N-dealkylation sites (tertiary alicyclic amines) is 1. The standard InChI is InChI=1S/C19H20N4O/c1-14-5-2-7-16(21-14)19(24)22-11-4-6-15(13-22)17-8-3-9-18-20-10-12-23(17)18/h2-3,5,7-10,12,15H,4,6,11,13H2,1H3. The zero-order valence-electron chi connectivity index (χ0n) is 13.7. The first-order chi connectivity index (χ1) is 11.7. The minimum Gasteiger partial charge on any atom is -0.337 e. The third kappa shape index (κ3) is 2.66. The number of carbonyl (C=O) groups excluding carboxylic acids is 1. The summed E-state index contributed by atoms with van der Waals surface area (Å²) in [5.74, 6) is 0.353. The predicted octanol–water partition coefficient (Wildman–Crippen LogP) is 3.06. The Labute approximate surface area is 141 Å². The largest absolute Gasteiger partial charge is 0.337 e. The van der Waals surface area contributed by atoms with E-state index in [0.717, 1.165) is 37.3 Å². The fraction of sp³-hybridized carbons (Fsp3) is 0.316. The molecule has 122 valence electrons. The van der Waals surface area contributed by atoms with Crippen LogP contribution in [0.2, 0.25) is 0 Å². The molecule has 1 aliphatic rings. The van der Waals surface area contributed by atoms with Gasteiger partial charge in [0.25, 0.3) is 5.91 Å². The van der Waals surface area contributed by atoms with E-state index in [1.165, 1.54) is 5.69 Å². The average molecular weight is 320 g/mol. The molecule has 0 N–H and O–H groups in total. The normalized spacial score (nSPS) is 18.0. The van der Waals surface area contributed by atoms with Gasteiger partial charge >= 0.3 is 0 Å². The minimum absolute atomic E-state index is 0.0289. The van der Waals surface area contributed by atoms with E-state index in [2.05, 4.69) is 20.4 Å². The maximum atomic E-state index is 12.8. The number of nitrogens with zero attached hydrogens (tertiary/aromatic N) is 4. The quantitative estimate of drug-likeness (QED) is 0.729. The number of piperidine rings is 1. The second-order valence-corrected chi connectivity index (χ2v) is 6.36. The number of pyridine rings is 2. The van der Waals surface area contributed by atoms with Crippen LogP contribution in [0.15, 0.2) is 48.8 Å². The highest BCUT2D eigenvalue weighted by molar-refractivity contribution is 5.92. The van der Waals surface area contributed by atoms with Crippen LogP contribution in [0.25, 0.3) is 5.65 Å². The van der Waals surface area contributed by atoms with Gasteiger partial charge in [-0.25, -0.2) is 9.97 Å². The lowest BCUT2D eigenvalue weighted by Crippen LogP contribution is -2.39. The van der Waals surface area contributed by atoms with E-state index in [1.807, 2.05) is 48.5 Å². The molecule has 4 rings (SSSR count). The monoisotopic (exact) mass is 320 g/mol. The molecule has 1 saturated heterocycles. The summed E-state index contributed by atoms with van der Waals surface area (Å²) >= 11 is 0. The van der Waals surface area contributed by atoms with Gasteiger partial charge in [-0.05, 0) is 44.0 Å². The summed E-state index contributed by atoms with van der Waals surface area (Å²) in [4.78, 5) is 23.5. The summed E-state index contributed by atoms with van der Waals surface area (Å²) in [7, 11) is 0. The van der Waals surface area contributed by atoms with Gasteiger partial charge in [0.05, 0.1) is 0 Å². The van der Waals surface area contributed by atoms with E-state index in [-0.39, 0.29) is 5.91 Å². The van der Waals surface area contributed by atoms with Crippen molar-refractivity contribution in [2.75, 3.05) is 13.1 Å². The summed E-state index contributed by atoms with van der Waals surface area (Å²) in [5.41, 5.74) is 3.59. The summed E-state index contributed by atoms with van der Waals surface area (Å²) in [6.45, 7) is 3.44. The molecule has 0 bridgehead atoms. The van der Waals surface area contributed by atoms with Crippen LogP contribution in [0.3, 0.4) is 0 Å². The number of fused-ring (bicyclic) bond motifs is 1. The van der Waals surface area contributed by atoms with Crippen LogP contribution < -0.4 is 0 Å². The second kappa shape index (κ2) is 6.07. The minimum atomic E-state index is 0.0289. The van der Waals surface area contributed by atoms with E-state index in [9.17, 15) is 4.79 Å². The molecule has 24 heavy (non-hydrogen) atoms. The molecular formula is C19H20N4O. The molecule has 3 aromatic rings. The van der Waals surface area contributed by atoms with Gasteiger partial charge in [0.2, 0.25) is 0 Å². The van der Waals surface area contributed by atoms with E-state index in [0.29, 0.717) is 11.6 Å². The third-order valence-corrected chi connectivity index (χ3v) is 4.69. The number of amides is 1. The molecule has 1 amide bonds. The molecule has 0 aliphatic carbocycles. The maximum Gasteiger partial charge on any atom is 0.272 e. The van der Waals surface area contributed by atoms with Crippen LogP contribution in [-0.2, 0) is 0 Å². The van der Waals surface area contributed by atoms with Crippen molar-refractivity contribution in [2.45, 2.75) is 25.7 Å². The van der Waals surface area contributed by atoms with Crippen molar-refractivity contribution in [3.8, 4) is 0 Å². The molecule has 1 unspecified atom stereocenters. The van der Waals surface area contributed by atoms with Gasteiger partial charge in [-0.2, -0.15) is 0 Å². The maximum absolute atomic E-state index is 12.8. The third-order valence-electron chi connectivity index (χ3n) is 4.69. The van der Waals surface area contributed by atoms with Gasteiger partial charge in [-0.3, -0.25) is 4.79 Å². The summed E-state index contributed by atoms with van der Waals surface area (Å²) in [5, 5.41) is 0. The molecular weight excluding hydrogens is 300 g/mol. The smallest absolute Gasteiger partial charge is 0.272 e. The fourth-order valence-corrected chi connectivity index (χ4v) is 3.53. The molecule has 0 saturated carbocycles. The van der Waals surface area contributed by atoms with Crippen molar-refractivity contribution in [1.29, 1.82) is 0 Å². The molecule has 0 spiro atoms. The van der Waals surface area contributed by atoms with Crippen LogP contribution >= 0.6 is 0 Å². The first-order valence-corrected chi connectivity index (χ1v) is 8.37. The highest BCUT2D eigenvalue weighted by atomic mass is 16.2. The van der Waals surface area contributed by atoms with Crippen molar-refractivity contribution in [1.82, 2.24) is 19.3 Å². The van der Waals surface area contributed by atoms with Crippen molar-refractivity contribution in [3.63, 3.8) is 0 Å². The van der Waals surface area contributed by atoms with Gasteiger partial charge in [0, 0.05) is 42.8 Å². The van der Waals surface area contributed by atoms with Gasteiger partial charge < -0.3 is 9.30 Å². The summed E-state index contributed by atoms with van der Waals surface area (Å²) in [6, 6.07) is 11.8. The molecule has 1 aliphatic heterocycles. The number of aromatic nitrogens is 3. The highest BCUT2D eigenvalue weighted by Gasteiger charge is 2.27. The van der Waals surface area contributed by atoms with Gasteiger partial charge in [0.1, 0.15) is 11.3 Å². The Hall–Kier alpha value is -2.69. The average Bonchev–Trinajstić information content (AvgIpc) is 3.10. The van der Waals surface area contributed by atoms with Crippen LogP contribution in [0.5, 0.6) is 0 Å². The Morgan fingerprint density at radius 3 is 2.96 bits per heavy atom. The lowest BCUT2D eigenvalue weighted by Gasteiger charge is -2.33. The first-order valence-electron chi connectivity index (χ1n) is 8.37. The number of aryl methyl sites for hydroxylation is 1. The van der Waals surface area contributed by atoms with Gasteiger partial charge in [-0.1, -0.05) is 12.1 Å². The Bertz CT molecular complexity index is 886. The molecule has 0 aromatic carbocycles. The van der Waals surface area contributed by atoms with Crippen molar-refractivity contribution in [2.24, 2.45) is 0 Å². The molecule has 1 atom stereocenters. The Morgan fingerprint density at radius 1 is 1.21 bits per heavy atom. The van der Waals surface area contributed by atoms with E-state index < -0.39 is 0 Å². The molecule has 5 nitrogen and oxygen atoms in total. The molecule has 0 radical (unpaired) electrons. The number of hydrogen-bond acceptors (Lipinski definition) is 3. The Balaban J connectivity index is 1.60. The van der Waals surface area contributed by atoms with Crippen LogP contribution in [-0.4, -0.2) is 38.3 Å². The number of rotatable bonds is 2. The Kier molecular flexibility index (Phi) is 3.76. The summed E-state index contributed by atoms with van der Waals surface area (Å²) < 4.78 is 2.13. The van der Waals surface area contributed by atoms with E-state index in [4.69, 9.17) is 0 Å². The molecule has 5 heteroatoms. The molecule has 4 heterocycles. The zero-order chi connectivity index (χ0) is 16.5. The zero-order valence-corrected chi connectivity index (χ0v) is 13.7. The summed E-state index contributed by atoms with van der Waals surface area (Å²) in [6.07, 6.45) is 5.91. The predicted molar refractivity (Wildman–Crippen MR) is 92.0 cm³/mol. The van der Waals surface area contributed by atoms with Gasteiger partial charge in [-0.15, -0.1) is 0 Å². The number of imidazole rings is 1. The van der Waals surface area contributed by atoms with Crippen LogP contribution in [0, 0.1) is 6.92 Å². The van der Waals surface area contributed by atoms with E-state index in [1.54, 1.807) is 6.07 Å². The van der Waals surface area contributed by atoms with Gasteiger partial charge in [0.15, 0.2) is 0 Å². The van der Waals surface area contributed by atoms with Crippen LogP contribution in [0.1, 0.15) is 40.6 Å². The van der Waals surface area contributed by atoms with Crippen molar-refractivity contribution >= 4 is 11.6 Å². The van der Waals surface area contributed by atoms with Crippen LogP contribution in [0.4, 0.5) is 0 Å². The number of hydrogen-bond donors (Lipinski definition) is 0. The van der Waals surface area contributed by atoms with E-state index >= 15 is 0 Å².